The normalized spacial score (nSPS) is 17.8. The summed E-state index contributed by atoms with van der Waals surface area (Å²) in [6.07, 6.45) is 5.43. The van der Waals surface area contributed by atoms with Crippen molar-refractivity contribution in [3.8, 4) is 5.75 Å². The van der Waals surface area contributed by atoms with Gasteiger partial charge in [0.2, 0.25) is 0 Å². The second-order valence-corrected chi connectivity index (χ2v) is 8.22. The van der Waals surface area contributed by atoms with E-state index in [1.807, 2.05) is 43.3 Å². The van der Waals surface area contributed by atoms with E-state index in [-0.39, 0.29) is 6.42 Å². The number of carbonyl (C=O) groups is 3. The minimum Gasteiger partial charge on any atom is -0.497 e. The number of hydrogen-bond acceptors (Lipinski definition) is 4. The number of carbonyl (C=O) groups excluding carboxylic acids is 2. The first-order valence-electron chi connectivity index (χ1n) is 10.9. The second-order valence-electron chi connectivity index (χ2n) is 8.22. The molecule has 1 aliphatic rings. The molecule has 0 saturated carbocycles. The summed E-state index contributed by atoms with van der Waals surface area (Å²) in [6.45, 7) is 3.25. The van der Waals surface area contributed by atoms with Gasteiger partial charge in [-0.1, -0.05) is 42.5 Å². The molecule has 3 rings (SSSR count). The summed E-state index contributed by atoms with van der Waals surface area (Å²) >= 11 is 0. The maximum Gasteiger partial charge on any atom is 0.326 e. The van der Waals surface area contributed by atoms with Crippen LogP contribution in [-0.2, 0) is 9.59 Å². The van der Waals surface area contributed by atoms with Crippen molar-refractivity contribution >= 4 is 29.2 Å². The highest BCUT2D eigenvalue weighted by Gasteiger charge is 2.42. The van der Waals surface area contributed by atoms with E-state index in [0.29, 0.717) is 11.4 Å². The smallest absolute Gasteiger partial charge is 0.326 e. The molecule has 0 fully saturated rings. The molecule has 2 aromatic rings. The summed E-state index contributed by atoms with van der Waals surface area (Å²) in [6, 6.07) is 13.2. The lowest BCUT2D eigenvalue weighted by atomic mass is 9.85. The standard InChI is InChI=1S/C26H29N3O5/c1-17-16-21(34-4)10-11-22(17)27-25(33)28-26(24(32)29(3)18(2)23(30)31)14-12-20(13-15-26)19-8-6-5-7-9-19/h5-14,16,18H,15H2,1-4H3,(H,30,31)(H2,27,28,33)/t18-,26?/m0/s1. The number of nitrogens with zero attached hydrogens (tertiary/aromatic N) is 1. The van der Waals surface area contributed by atoms with Crippen LogP contribution in [0.25, 0.3) is 5.57 Å². The number of amides is 3. The molecule has 0 saturated heterocycles. The van der Waals surface area contributed by atoms with Crippen molar-refractivity contribution in [2.24, 2.45) is 0 Å². The Kier molecular flexibility index (Phi) is 7.40. The Morgan fingerprint density at radius 3 is 2.41 bits per heavy atom. The number of hydrogen-bond donors (Lipinski definition) is 3. The second kappa shape index (κ2) is 10.2. The van der Waals surface area contributed by atoms with Gasteiger partial charge in [-0.2, -0.15) is 0 Å². The van der Waals surface area contributed by atoms with Gasteiger partial charge in [0.15, 0.2) is 0 Å². The third kappa shape index (κ3) is 5.28. The Bertz CT molecular complexity index is 1140. The van der Waals surface area contributed by atoms with Crippen LogP contribution in [0.5, 0.6) is 5.75 Å². The third-order valence-electron chi connectivity index (χ3n) is 5.96. The fourth-order valence-corrected chi connectivity index (χ4v) is 3.70. The molecule has 178 valence electrons. The third-order valence-corrected chi connectivity index (χ3v) is 5.96. The lowest BCUT2D eigenvalue weighted by Gasteiger charge is -2.36. The molecule has 2 aromatic carbocycles. The van der Waals surface area contributed by atoms with Gasteiger partial charge < -0.3 is 25.4 Å². The van der Waals surface area contributed by atoms with E-state index in [1.54, 1.807) is 37.5 Å². The Morgan fingerprint density at radius 2 is 1.85 bits per heavy atom. The molecule has 2 atom stereocenters. The molecule has 0 bridgehead atoms. The zero-order valence-electron chi connectivity index (χ0n) is 19.7. The molecule has 0 radical (unpaired) electrons. The number of ether oxygens (including phenoxy) is 1. The average molecular weight is 464 g/mol. The number of benzene rings is 2. The molecular weight excluding hydrogens is 434 g/mol. The van der Waals surface area contributed by atoms with Gasteiger partial charge in [-0.25, -0.2) is 9.59 Å². The van der Waals surface area contributed by atoms with E-state index in [2.05, 4.69) is 10.6 Å². The van der Waals surface area contributed by atoms with E-state index in [0.717, 1.165) is 21.6 Å². The van der Waals surface area contributed by atoms with Crippen LogP contribution in [0.2, 0.25) is 0 Å². The van der Waals surface area contributed by atoms with E-state index in [1.165, 1.54) is 14.0 Å². The fourth-order valence-electron chi connectivity index (χ4n) is 3.70. The van der Waals surface area contributed by atoms with Crippen LogP contribution in [0.3, 0.4) is 0 Å². The van der Waals surface area contributed by atoms with Gasteiger partial charge in [-0.15, -0.1) is 0 Å². The summed E-state index contributed by atoms with van der Waals surface area (Å²) in [5, 5.41) is 15.0. The van der Waals surface area contributed by atoms with Crippen LogP contribution in [-0.4, -0.2) is 53.7 Å². The largest absolute Gasteiger partial charge is 0.497 e. The van der Waals surface area contributed by atoms with Crippen LogP contribution < -0.4 is 15.4 Å². The number of carboxylic acids is 1. The number of allylic oxidation sites excluding steroid dienone is 2. The van der Waals surface area contributed by atoms with Crippen LogP contribution in [0.4, 0.5) is 10.5 Å². The van der Waals surface area contributed by atoms with E-state index < -0.39 is 29.5 Å². The quantitative estimate of drug-likeness (QED) is 0.578. The maximum atomic E-state index is 13.5. The molecule has 8 heteroatoms. The number of carboxylic acid groups (broad SMARTS) is 1. The lowest BCUT2D eigenvalue weighted by Crippen LogP contribution is -2.61. The maximum absolute atomic E-state index is 13.5. The predicted octanol–water partition coefficient (Wildman–Crippen LogP) is 3.84. The number of anilines is 1. The zero-order valence-corrected chi connectivity index (χ0v) is 19.7. The Balaban J connectivity index is 1.87. The monoisotopic (exact) mass is 463 g/mol. The highest BCUT2D eigenvalue weighted by molar-refractivity contribution is 6.00. The van der Waals surface area contributed by atoms with Crippen molar-refractivity contribution in [1.82, 2.24) is 10.2 Å². The summed E-state index contributed by atoms with van der Waals surface area (Å²) in [5.74, 6) is -0.999. The first-order valence-corrected chi connectivity index (χ1v) is 10.9. The van der Waals surface area contributed by atoms with Crippen LogP contribution >= 0.6 is 0 Å². The summed E-state index contributed by atoms with van der Waals surface area (Å²) in [4.78, 5) is 39.1. The minimum atomic E-state index is -1.44. The molecule has 0 aromatic heterocycles. The van der Waals surface area contributed by atoms with Gasteiger partial charge in [0.25, 0.3) is 5.91 Å². The van der Waals surface area contributed by atoms with E-state index in [4.69, 9.17) is 4.74 Å². The number of aliphatic carboxylic acids is 1. The molecule has 3 amide bonds. The van der Waals surface area contributed by atoms with Crippen molar-refractivity contribution in [2.45, 2.75) is 31.8 Å². The molecule has 0 aliphatic heterocycles. The zero-order chi connectivity index (χ0) is 24.9. The summed E-state index contributed by atoms with van der Waals surface area (Å²) in [5.41, 5.74) is 1.79. The lowest BCUT2D eigenvalue weighted by molar-refractivity contribution is -0.150. The predicted molar refractivity (Wildman–Crippen MR) is 131 cm³/mol. The van der Waals surface area contributed by atoms with Crippen molar-refractivity contribution < 1.29 is 24.2 Å². The molecule has 1 aliphatic carbocycles. The van der Waals surface area contributed by atoms with Gasteiger partial charge in [0.1, 0.15) is 17.3 Å². The number of nitrogens with one attached hydrogen (secondary N) is 2. The number of urea groups is 1. The van der Waals surface area contributed by atoms with Gasteiger partial charge >= 0.3 is 12.0 Å². The van der Waals surface area contributed by atoms with Crippen molar-refractivity contribution in [3.05, 3.63) is 77.9 Å². The molecule has 8 nitrogen and oxygen atoms in total. The van der Waals surface area contributed by atoms with Crippen LogP contribution in [0, 0.1) is 6.92 Å². The van der Waals surface area contributed by atoms with E-state index >= 15 is 0 Å². The summed E-state index contributed by atoms with van der Waals surface area (Å²) < 4.78 is 5.20. The van der Waals surface area contributed by atoms with E-state index in [9.17, 15) is 19.5 Å². The van der Waals surface area contributed by atoms with Gasteiger partial charge in [-0.3, -0.25) is 4.79 Å². The first kappa shape index (κ1) is 24.6. The average Bonchev–Trinajstić information content (AvgIpc) is 2.84. The van der Waals surface area contributed by atoms with Crippen LogP contribution in [0.15, 0.2) is 66.8 Å². The van der Waals surface area contributed by atoms with Crippen molar-refractivity contribution in [1.29, 1.82) is 0 Å². The number of likely N-dealkylation sites (N-methyl/N-ethyl adjacent to an activating group) is 1. The van der Waals surface area contributed by atoms with Crippen LogP contribution in [0.1, 0.15) is 24.5 Å². The molecule has 34 heavy (non-hydrogen) atoms. The Morgan fingerprint density at radius 1 is 1.15 bits per heavy atom. The minimum absolute atomic E-state index is 0.165. The molecular formula is C26H29N3O5. The van der Waals surface area contributed by atoms with Gasteiger partial charge in [0.05, 0.1) is 7.11 Å². The molecule has 1 unspecified atom stereocenters. The highest BCUT2D eigenvalue weighted by atomic mass is 16.5. The SMILES string of the molecule is COc1ccc(NC(=O)NC2(C(=O)N(C)[C@@H](C)C(=O)O)C=CC(c3ccccc3)=CC2)c(C)c1. The topological polar surface area (TPSA) is 108 Å². The fraction of sp³-hybridized carbons (Fsp3) is 0.269. The highest BCUT2D eigenvalue weighted by Crippen LogP contribution is 2.29. The van der Waals surface area contributed by atoms with Crippen molar-refractivity contribution in [3.63, 3.8) is 0 Å². The molecule has 0 spiro atoms. The van der Waals surface area contributed by atoms with Gasteiger partial charge in [0, 0.05) is 19.2 Å². The summed E-state index contributed by atoms with van der Waals surface area (Å²) in [7, 11) is 2.98. The van der Waals surface area contributed by atoms with Crippen molar-refractivity contribution in [2.75, 3.05) is 19.5 Å². The number of methoxy groups -OCH3 is 1. The first-order chi connectivity index (χ1) is 16.2. The Labute approximate surface area is 198 Å². The molecule has 0 heterocycles. The van der Waals surface area contributed by atoms with Gasteiger partial charge in [-0.05, 0) is 54.8 Å². The molecule has 3 N–H and O–H groups in total. The number of aryl methyl sites for hydroxylation is 1. The number of rotatable bonds is 7. The Hall–Kier alpha value is -4.07.